The molecule has 0 heterocycles. The molecule has 0 saturated heterocycles. The van der Waals surface area contributed by atoms with Crippen LogP contribution in [-0.2, 0) is 4.79 Å². The highest BCUT2D eigenvalue weighted by Crippen LogP contribution is 2.60. The second-order valence-electron chi connectivity index (χ2n) is 9.15. The van der Waals surface area contributed by atoms with E-state index in [2.05, 4.69) is 10.5 Å². The highest BCUT2D eigenvalue weighted by atomic mass is 35.5. The van der Waals surface area contributed by atoms with Gasteiger partial charge in [0.1, 0.15) is 5.75 Å². The third-order valence-electron chi connectivity index (χ3n) is 7.05. The van der Waals surface area contributed by atoms with Crippen LogP contribution in [0.2, 0.25) is 5.02 Å². The topological polar surface area (TPSA) is 61.7 Å². The molecular weight excluding hydrogens is 384 g/mol. The van der Waals surface area contributed by atoms with E-state index in [-0.39, 0.29) is 17.1 Å². The molecule has 4 saturated carbocycles. The molecule has 4 aliphatic rings. The summed E-state index contributed by atoms with van der Waals surface area (Å²) in [6.07, 6.45) is 6.94. The number of nitrogens with zero attached hydrogens (tertiary/aromatic N) is 1. The highest BCUT2D eigenvalue weighted by Gasteiger charge is 2.54. The van der Waals surface area contributed by atoms with Crippen LogP contribution in [0.1, 0.15) is 49.7 Å². The first kappa shape index (κ1) is 18.7. The fourth-order valence-corrected chi connectivity index (χ4v) is 6.26. The van der Waals surface area contributed by atoms with E-state index in [1.165, 1.54) is 19.3 Å². The lowest BCUT2D eigenvalue weighted by atomic mass is 9.49. The number of aromatic hydroxyl groups is 1. The summed E-state index contributed by atoms with van der Waals surface area (Å²) in [5.74, 6) is 2.40. The predicted octanol–water partition coefficient (Wildman–Crippen LogP) is 5.13. The van der Waals surface area contributed by atoms with Gasteiger partial charge < -0.3 is 5.11 Å². The second-order valence-corrected chi connectivity index (χ2v) is 9.59. The Morgan fingerprint density at radius 3 is 1.90 bits per heavy atom. The smallest absolute Gasteiger partial charge is 0.246 e. The van der Waals surface area contributed by atoms with Crippen LogP contribution in [-0.4, -0.2) is 16.7 Å². The molecule has 0 atom stereocenters. The number of amides is 1. The number of hydrazone groups is 1. The van der Waals surface area contributed by atoms with Crippen LogP contribution in [0.5, 0.6) is 5.75 Å². The lowest BCUT2D eigenvalue weighted by molar-refractivity contribution is -0.146. The normalized spacial score (nSPS) is 30.4. The van der Waals surface area contributed by atoms with Crippen molar-refractivity contribution in [3.63, 3.8) is 0 Å². The molecule has 29 heavy (non-hydrogen) atoms. The van der Waals surface area contributed by atoms with Gasteiger partial charge in [0.25, 0.3) is 0 Å². The molecule has 0 radical (unpaired) electrons. The van der Waals surface area contributed by atoms with E-state index in [1.807, 2.05) is 24.3 Å². The molecule has 150 valence electrons. The van der Waals surface area contributed by atoms with Crippen molar-refractivity contribution in [2.75, 3.05) is 0 Å². The Kier molecular flexibility index (Phi) is 4.62. The molecule has 2 aromatic rings. The van der Waals surface area contributed by atoms with Crippen LogP contribution in [0.15, 0.2) is 53.6 Å². The number of carbonyl (C=O) groups is 1. The van der Waals surface area contributed by atoms with Gasteiger partial charge in [0.2, 0.25) is 5.91 Å². The van der Waals surface area contributed by atoms with Crippen molar-refractivity contribution in [3.05, 3.63) is 64.7 Å². The van der Waals surface area contributed by atoms with E-state index in [9.17, 15) is 9.90 Å². The summed E-state index contributed by atoms with van der Waals surface area (Å²) in [5.41, 5.74) is 5.04. The van der Waals surface area contributed by atoms with Gasteiger partial charge in [0.05, 0.1) is 11.1 Å². The molecule has 5 heteroatoms. The van der Waals surface area contributed by atoms with Gasteiger partial charge >= 0.3 is 0 Å². The van der Waals surface area contributed by atoms with Crippen LogP contribution in [0.25, 0.3) is 0 Å². The summed E-state index contributed by atoms with van der Waals surface area (Å²) in [6, 6.07) is 14.3. The number of hydrogen-bond donors (Lipinski definition) is 2. The van der Waals surface area contributed by atoms with Crippen LogP contribution in [0, 0.1) is 23.2 Å². The van der Waals surface area contributed by atoms with Gasteiger partial charge in [-0.05, 0) is 92.7 Å². The van der Waals surface area contributed by atoms with Gasteiger partial charge in [-0.15, -0.1) is 0 Å². The maximum Gasteiger partial charge on any atom is 0.246 e. The maximum atomic E-state index is 13.3. The monoisotopic (exact) mass is 408 g/mol. The van der Waals surface area contributed by atoms with Crippen molar-refractivity contribution in [3.8, 4) is 5.75 Å². The van der Waals surface area contributed by atoms with Gasteiger partial charge in [-0.2, -0.15) is 5.10 Å². The van der Waals surface area contributed by atoms with Crippen molar-refractivity contribution in [1.82, 2.24) is 5.43 Å². The van der Waals surface area contributed by atoms with Gasteiger partial charge in [-0.25, -0.2) is 5.43 Å². The molecule has 0 unspecified atom stereocenters. The summed E-state index contributed by atoms with van der Waals surface area (Å²) < 4.78 is 0. The van der Waals surface area contributed by atoms with E-state index in [0.29, 0.717) is 28.5 Å². The molecular formula is C24H25ClN2O2. The Morgan fingerprint density at radius 1 is 0.897 bits per heavy atom. The van der Waals surface area contributed by atoms with E-state index in [1.54, 1.807) is 24.3 Å². The van der Waals surface area contributed by atoms with E-state index >= 15 is 0 Å². The predicted molar refractivity (Wildman–Crippen MR) is 114 cm³/mol. The largest absolute Gasteiger partial charge is 0.508 e. The zero-order valence-electron chi connectivity index (χ0n) is 16.3. The van der Waals surface area contributed by atoms with Crippen LogP contribution >= 0.6 is 11.6 Å². The highest BCUT2D eigenvalue weighted by molar-refractivity contribution is 6.30. The molecule has 4 nitrogen and oxygen atoms in total. The summed E-state index contributed by atoms with van der Waals surface area (Å²) in [5, 5.41) is 14.9. The molecule has 1 amide bonds. The minimum absolute atomic E-state index is 0.0711. The van der Waals surface area contributed by atoms with E-state index in [0.717, 1.165) is 30.4 Å². The average molecular weight is 409 g/mol. The van der Waals surface area contributed by atoms with Crippen molar-refractivity contribution in [2.24, 2.45) is 28.3 Å². The van der Waals surface area contributed by atoms with Gasteiger partial charge in [-0.3, -0.25) is 4.79 Å². The molecule has 4 aliphatic carbocycles. The lowest BCUT2D eigenvalue weighted by Gasteiger charge is -2.55. The fraction of sp³-hybridized carbons (Fsp3) is 0.417. The first-order valence-corrected chi connectivity index (χ1v) is 10.8. The summed E-state index contributed by atoms with van der Waals surface area (Å²) in [7, 11) is 0. The summed E-state index contributed by atoms with van der Waals surface area (Å²) in [6.45, 7) is 0. The van der Waals surface area contributed by atoms with E-state index < -0.39 is 0 Å². The molecule has 0 aliphatic heterocycles. The second kappa shape index (κ2) is 7.17. The fourth-order valence-electron chi connectivity index (χ4n) is 6.14. The SMILES string of the molecule is O=C(NN=C(c1ccc(O)cc1)c1ccc(Cl)cc1)C12CC3CC(CC(C3)C1)C2. The third kappa shape index (κ3) is 3.55. The number of halogens is 1. The minimum Gasteiger partial charge on any atom is -0.508 e. The van der Waals surface area contributed by atoms with Crippen molar-refractivity contribution >= 4 is 23.2 Å². The van der Waals surface area contributed by atoms with Crippen molar-refractivity contribution in [2.45, 2.75) is 38.5 Å². The first-order chi connectivity index (χ1) is 14.0. The Balaban J connectivity index is 1.44. The number of carbonyl (C=O) groups excluding carboxylic acids is 1. The zero-order valence-corrected chi connectivity index (χ0v) is 17.0. The number of phenolic OH excluding ortho intramolecular Hbond substituents is 1. The molecule has 2 N–H and O–H groups in total. The van der Waals surface area contributed by atoms with Crippen LogP contribution in [0.3, 0.4) is 0 Å². The standard InChI is InChI=1S/C24H25ClN2O2/c25-20-5-1-18(2-6-20)22(19-3-7-21(28)8-4-19)26-27-23(29)24-12-15-9-16(13-24)11-17(10-15)14-24/h1-8,15-17,28H,9-14H2,(H,27,29). The summed E-state index contributed by atoms with van der Waals surface area (Å²) in [4.78, 5) is 13.3. The van der Waals surface area contributed by atoms with E-state index in [4.69, 9.17) is 11.6 Å². The number of phenols is 1. The molecule has 4 bridgehead atoms. The third-order valence-corrected chi connectivity index (χ3v) is 7.30. The average Bonchev–Trinajstić information content (AvgIpc) is 2.69. The zero-order chi connectivity index (χ0) is 20.0. The quantitative estimate of drug-likeness (QED) is 0.544. The number of rotatable bonds is 4. The lowest BCUT2D eigenvalue weighted by Crippen LogP contribution is -2.52. The molecule has 6 rings (SSSR count). The number of nitrogens with one attached hydrogen (secondary N) is 1. The van der Waals surface area contributed by atoms with Crippen molar-refractivity contribution < 1.29 is 9.90 Å². The Bertz CT molecular complexity index is 867. The summed E-state index contributed by atoms with van der Waals surface area (Å²) >= 11 is 6.04. The Morgan fingerprint density at radius 2 is 1.38 bits per heavy atom. The van der Waals surface area contributed by atoms with Crippen molar-refractivity contribution in [1.29, 1.82) is 0 Å². The van der Waals surface area contributed by atoms with Gasteiger partial charge in [0, 0.05) is 16.1 Å². The Hall–Kier alpha value is -2.33. The Labute approximate surface area is 176 Å². The molecule has 0 aromatic heterocycles. The molecule has 2 aromatic carbocycles. The molecule has 0 spiro atoms. The van der Waals surface area contributed by atoms with Crippen LogP contribution < -0.4 is 5.43 Å². The first-order valence-electron chi connectivity index (χ1n) is 10.4. The minimum atomic E-state index is -0.238. The van der Waals surface area contributed by atoms with Gasteiger partial charge in [0.15, 0.2) is 0 Å². The maximum absolute atomic E-state index is 13.3. The number of hydrogen-bond acceptors (Lipinski definition) is 3. The number of benzene rings is 2. The van der Waals surface area contributed by atoms with Gasteiger partial charge in [-0.1, -0.05) is 23.7 Å². The van der Waals surface area contributed by atoms with Crippen LogP contribution in [0.4, 0.5) is 0 Å². The molecule has 4 fully saturated rings.